The summed E-state index contributed by atoms with van der Waals surface area (Å²) in [7, 11) is 0. The third kappa shape index (κ3) is 4.00. The summed E-state index contributed by atoms with van der Waals surface area (Å²) >= 11 is 0. The fourth-order valence-corrected chi connectivity index (χ4v) is 4.15. The van der Waals surface area contributed by atoms with E-state index in [1.54, 1.807) is 0 Å². The number of pyridine rings is 2. The summed E-state index contributed by atoms with van der Waals surface area (Å²) in [5.41, 5.74) is 14.6. The number of nitrogens with zero attached hydrogens (tertiary/aromatic N) is 8. The van der Waals surface area contributed by atoms with Gasteiger partial charge in [-0.15, -0.1) is 10.2 Å². The Bertz CT molecular complexity index is 1830. The number of aryl methyl sites for hydroxylation is 4. The zero-order valence-corrected chi connectivity index (χ0v) is 20.9. The summed E-state index contributed by atoms with van der Waals surface area (Å²) in [6, 6.07) is 17.8. The first kappa shape index (κ1) is 22.5. The fourth-order valence-electron chi connectivity index (χ4n) is 4.15. The van der Waals surface area contributed by atoms with E-state index >= 15 is 0 Å². The zero-order valence-electron chi connectivity index (χ0n) is 20.9. The monoisotopic (exact) mass is 485 g/mol. The van der Waals surface area contributed by atoms with Crippen molar-refractivity contribution in [3.05, 3.63) is 77.4 Å². The minimum Gasteiger partial charge on any atom is -0.399 e. The van der Waals surface area contributed by atoms with Crippen molar-refractivity contribution < 1.29 is 0 Å². The Balaban J connectivity index is 1.64. The second-order valence-corrected chi connectivity index (χ2v) is 9.02. The normalized spacial score (nSPS) is 11.4. The van der Waals surface area contributed by atoms with Gasteiger partial charge in [0, 0.05) is 16.5 Å². The first-order chi connectivity index (χ1) is 17.9. The maximum atomic E-state index is 5.95. The van der Waals surface area contributed by atoms with E-state index in [9.17, 15) is 0 Å². The number of nitrogens with two attached hydrogens (primary N) is 1. The van der Waals surface area contributed by atoms with Gasteiger partial charge in [0.15, 0.2) is 0 Å². The Morgan fingerprint density at radius 1 is 0.541 bits per heavy atom. The van der Waals surface area contributed by atoms with E-state index in [-0.39, 0.29) is 0 Å². The van der Waals surface area contributed by atoms with E-state index in [4.69, 9.17) is 15.7 Å². The van der Waals surface area contributed by atoms with Gasteiger partial charge in [0.2, 0.25) is 11.6 Å². The average Bonchev–Trinajstić information content (AvgIpc) is 2.91. The van der Waals surface area contributed by atoms with Crippen LogP contribution in [0, 0.1) is 27.7 Å². The molecule has 0 bridgehead atoms. The van der Waals surface area contributed by atoms with Crippen molar-refractivity contribution in [1.29, 1.82) is 0 Å². The lowest BCUT2D eigenvalue weighted by Gasteiger charge is -2.12. The lowest BCUT2D eigenvalue weighted by molar-refractivity contribution is 0.899. The van der Waals surface area contributed by atoms with Gasteiger partial charge < -0.3 is 5.73 Å². The molecule has 0 atom stereocenters. The van der Waals surface area contributed by atoms with Crippen LogP contribution in [0.5, 0.6) is 0 Å². The predicted molar refractivity (Wildman–Crippen MR) is 143 cm³/mol. The number of anilines is 1. The molecule has 0 saturated carbocycles. The molecule has 9 heteroatoms. The Morgan fingerprint density at radius 3 is 1.70 bits per heavy atom. The van der Waals surface area contributed by atoms with E-state index in [1.807, 2.05) is 76.2 Å². The minimum absolute atomic E-state index is 0.467. The van der Waals surface area contributed by atoms with Crippen molar-refractivity contribution in [2.75, 3.05) is 5.73 Å². The van der Waals surface area contributed by atoms with Crippen LogP contribution in [0.25, 0.3) is 56.0 Å². The highest BCUT2D eigenvalue weighted by Crippen LogP contribution is 2.35. The molecular weight excluding hydrogens is 462 g/mol. The predicted octanol–water partition coefficient (Wildman–Crippen LogP) is 4.97. The van der Waals surface area contributed by atoms with Gasteiger partial charge in [-0.25, -0.2) is 19.9 Å². The van der Waals surface area contributed by atoms with Crippen molar-refractivity contribution >= 4 is 27.5 Å². The zero-order chi connectivity index (χ0) is 25.7. The molecule has 0 radical (unpaired) electrons. The molecule has 0 unspecified atom stereocenters. The molecule has 6 rings (SSSR count). The van der Waals surface area contributed by atoms with Crippen molar-refractivity contribution in [3.8, 4) is 34.2 Å². The molecule has 6 aromatic rings. The molecule has 0 fully saturated rings. The van der Waals surface area contributed by atoms with Gasteiger partial charge in [-0.1, -0.05) is 18.2 Å². The largest absolute Gasteiger partial charge is 0.399 e. The molecule has 2 N–H and O–H groups in total. The number of aromatic nitrogens is 8. The van der Waals surface area contributed by atoms with Crippen LogP contribution in [0.15, 0.2) is 54.6 Å². The highest BCUT2D eigenvalue weighted by atomic mass is 15.2. The molecule has 4 aromatic heterocycles. The number of fused-ring (bicyclic) bond motifs is 3. The SMILES string of the molecule is Cc1nnc(-c2ccc3cc(-c4ccc(N)cc4)c4ccc(-c5nnc(C)c(C)n5)nc4c3n2)nc1C. The summed E-state index contributed by atoms with van der Waals surface area (Å²) in [4.78, 5) is 19.2. The Kier molecular flexibility index (Phi) is 5.26. The van der Waals surface area contributed by atoms with Crippen molar-refractivity contribution in [3.63, 3.8) is 0 Å². The van der Waals surface area contributed by atoms with E-state index in [0.29, 0.717) is 28.7 Å². The highest BCUT2D eigenvalue weighted by Gasteiger charge is 2.16. The van der Waals surface area contributed by atoms with Crippen LogP contribution in [0.1, 0.15) is 22.8 Å². The number of benzene rings is 2. The number of rotatable bonds is 3. The first-order valence-corrected chi connectivity index (χ1v) is 11.8. The average molecular weight is 486 g/mol. The summed E-state index contributed by atoms with van der Waals surface area (Å²) in [5.74, 6) is 0.937. The van der Waals surface area contributed by atoms with E-state index in [1.165, 1.54) is 0 Å². The third-order valence-corrected chi connectivity index (χ3v) is 6.50. The van der Waals surface area contributed by atoms with E-state index < -0.39 is 0 Å². The second kappa shape index (κ2) is 8.63. The van der Waals surface area contributed by atoms with Gasteiger partial charge in [0.1, 0.15) is 11.4 Å². The van der Waals surface area contributed by atoms with Crippen molar-refractivity contribution in [1.82, 2.24) is 40.3 Å². The second-order valence-electron chi connectivity index (χ2n) is 9.02. The van der Waals surface area contributed by atoms with Crippen molar-refractivity contribution in [2.45, 2.75) is 27.7 Å². The number of hydrogen-bond donors (Lipinski definition) is 1. The summed E-state index contributed by atoms with van der Waals surface area (Å²) in [6.45, 7) is 7.59. The lowest BCUT2D eigenvalue weighted by Crippen LogP contribution is -2.02. The van der Waals surface area contributed by atoms with E-state index in [2.05, 4.69) is 36.4 Å². The molecule has 9 nitrogen and oxygen atoms in total. The molecular formula is C28H23N9. The lowest BCUT2D eigenvalue weighted by atomic mass is 9.97. The van der Waals surface area contributed by atoms with Crippen LogP contribution in [0.2, 0.25) is 0 Å². The topological polar surface area (TPSA) is 129 Å². The van der Waals surface area contributed by atoms with Gasteiger partial charge >= 0.3 is 0 Å². The molecule has 0 aliphatic rings. The Labute approximate surface area is 212 Å². The van der Waals surface area contributed by atoms with Gasteiger partial charge in [-0.2, -0.15) is 10.2 Å². The van der Waals surface area contributed by atoms with Crippen LogP contribution >= 0.6 is 0 Å². The molecule has 37 heavy (non-hydrogen) atoms. The molecule has 0 spiro atoms. The fraction of sp³-hybridized carbons (Fsp3) is 0.143. The Morgan fingerprint density at radius 2 is 1.11 bits per heavy atom. The van der Waals surface area contributed by atoms with Gasteiger partial charge in [-0.05, 0) is 75.2 Å². The smallest absolute Gasteiger partial charge is 0.200 e. The third-order valence-electron chi connectivity index (χ3n) is 6.50. The van der Waals surface area contributed by atoms with Crippen LogP contribution in [0.4, 0.5) is 5.69 Å². The number of hydrogen-bond acceptors (Lipinski definition) is 9. The molecule has 180 valence electrons. The Hall–Kier alpha value is -4.92. The van der Waals surface area contributed by atoms with Gasteiger partial charge in [0.25, 0.3) is 0 Å². The highest BCUT2D eigenvalue weighted by molar-refractivity contribution is 6.11. The number of nitrogen functional groups attached to an aromatic ring is 1. The summed E-state index contributed by atoms with van der Waals surface area (Å²) in [5, 5.41) is 18.9. The molecule has 0 amide bonds. The maximum absolute atomic E-state index is 5.95. The minimum atomic E-state index is 0.467. The van der Waals surface area contributed by atoms with Crippen molar-refractivity contribution in [2.24, 2.45) is 0 Å². The van der Waals surface area contributed by atoms with Crippen LogP contribution in [-0.4, -0.2) is 40.3 Å². The van der Waals surface area contributed by atoms with Gasteiger partial charge in [0.05, 0.1) is 33.8 Å². The van der Waals surface area contributed by atoms with Crippen LogP contribution in [-0.2, 0) is 0 Å². The van der Waals surface area contributed by atoms with Gasteiger partial charge in [-0.3, -0.25) is 0 Å². The molecule has 2 aromatic carbocycles. The molecule has 0 aliphatic carbocycles. The first-order valence-electron chi connectivity index (χ1n) is 11.8. The van der Waals surface area contributed by atoms with Crippen LogP contribution < -0.4 is 5.73 Å². The van der Waals surface area contributed by atoms with Crippen LogP contribution in [0.3, 0.4) is 0 Å². The maximum Gasteiger partial charge on any atom is 0.200 e. The molecule has 0 saturated heterocycles. The van der Waals surface area contributed by atoms with E-state index in [0.717, 1.165) is 55.7 Å². The summed E-state index contributed by atoms with van der Waals surface area (Å²) < 4.78 is 0. The summed E-state index contributed by atoms with van der Waals surface area (Å²) in [6.07, 6.45) is 0. The quantitative estimate of drug-likeness (QED) is 0.273. The standard InChI is InChI=1S/C28H23N9/c1-14-16(3)34-36-27(30-14)23-11-7-19-13-22(18-5-8-20(29)9-6-18)21-10-12-24(33-26(21)25(19)32-23)28-31-15(2)17(4)35-37-28/h5-13H,29H2,1-4H3. The molecule has 4 heterocycles. The molecule has 0 aliphatic heterocycles.